The van der Waals surface area contributed by atoms with E-state index in [4.69, 9.17) is 32.7 Å². The van der Waals surface area contributed by atoms with Gasteiger partial charge < -0.3 is 9.47 Å². The van der Waals surface area contributed by atoms with Gasteiger partial charge in [0.1, 0.15) is 0 Å². The third-order valence-corrected chi connectivity index (χ3v) is 7.49. The number of imide groups is 1. The Bertz CT molecular complexity index is 1650. The zero-order valence-electron chi connectivity index (χ0n) is 20.6. The highest BCUT2D eigenvalue weighted by Crippen LogP contribution is 2.36. The lowest BCUT2D eigenvalue weighted by Gasteiger charge is -2.14. The van der Waals surface area contributed by atoms with Crippen LogP contribution in [0.2, 0.25) is 10.0 Å². The lowest BCUT2D eigenvalue weighted by atomic mass is 10.0. The number of esters is 1. The molecule has 9 heteroatoms. The van der Waals surface area contributed by atoms with Crippen molar-refractivity contribution in [2.24, 2.45) is 0 Å². The van der Waals surface area contributed by atoms with E-state index < -0.39 is 17.1 Å². The zero-order valence-corrected chi connectivity index (χ0v) is 23.0. The van der Waals surface area contributed by atoms with Crippen molar-refractivity contribution >= 4 is 68.9 Å². The van der Waals surface area contributed by atoms with E-state index in [2.05, 4.69) is 0 Å². The maximum Gasteiger partial charge on any atom is 0.344 e. The summed E-state index contributed by atoms with van der Waals surface area (Å²) in [7, 11) is 0. The van der Waals surface area contributed by atoms with E-state index in [0.717, 1.165) is 27.4 Å². The number of fused-ring (bicyclic) bond motifs is 1. The van der Waals surface area contributed by atoms with Crippen LogP contribution in [-0.4, -0.2) is 28.6 Å². The summed E-state index contributed by atoms with van der Waals surface area (Å²) >= 11 is 13.0. The zero-order chi connectivity index (χ0) is 27.5. The molecule has 1 aliphatic rings. The molecule has 4 aromatic carbocycles. The molecule has 0 radical (unpaired) electrons. The van der Waals surface area contributed by atoms with Crippen molar-refractivity contribution in [3.05, 3.63) is 111 Å². The monoisotopic (exact) mass is 577 g/mol. The number of hydrogen-bond donors (Lipinski definition) is 0. The first kappa shape index (κ1) is 26.8. The summed E-state index contributed by atoms with van der Waals surface area (Å²) in [6.45, 7) is 2.18. The maximum absolute atomic E-state index is 13.1. The Balaban J connectivity index is 1.37. The number of amides is 2. The van der Waals surface area contributed by atoms with Crippen LogP contribution in [0.1, 0.15) is 28.4 Å². The minimum Gasteiger partial charge on any atom is -0.490 e. The number of rotatable bonds is 7. The lowest BCUT2D eigenvalue weighted by Crippen LogP contribution is -2.27. The van der Waals surface area contributed by atoms with E-state index in [9.17, 15) is 14.4 Å². The molecule has 0 unspecified atom stereocenters. The molecule has 196 valence electrons. The molecule has 2 amide bonds. The molecular weight excluding hydrogens is 557 g/mol. The Morgan fingerprint density at radius 2 is 1.74 bits per heavy atom. The number of hydrogen-bond acceptors (Lipinski definition) is 6. The Morgan fingerprint density at radius 1 is 0.949 bits per heavy atom. The molecule has 0 N–H and O–H groups in total. The minimum absolute atomic E-state index is 0.0330. The van der Waals surface area contributed by atoms with Crippen molar-refractivity contribution in [2.75, 3.05) is 6.61 Å². The van der Waals surface area contributed by atoms with E-state index in [1.807, 2.05) is 37.3 Å². The molecule has 0 saturated carbocycles. The normalized spacial score (nSPS) is 14.3. The number of nitrogens with zero attached hydrogens (tertiary/aromatic N) is 1. The van der Waals surface area contributed by atoms with Gasteiger partial charge in [-0.2, -0.15) is 0 Å². The SMILES string of the molecule is CCOc1cc(/C=C2\SC(=O)N(Cc3ccc(Cl)cc3Cl)C2=O)ccc1OC(=O)c1cccc2ccccc12. The molecule has 0 aliphatic carbocycles. The average molecular weight is 578 g/mol. The fraction of sp³-hybridized carbons (Fsp3) is 0.100. The number of carbonyl (C=O) groups excluding carboxylic acids is 3. The van der Waals surface area contributed by atoms with Gasteiger partial charge in [0.25, 0.3) is 11.1 Å². The van der Waals surface area contributed by atoms with E-state index in [-0.39, 0.29) is 17.2 Å². The third-order valence-electron chi connectivity index (χ3n) is 5.99. The molecular formula is C30H21Cl2NO5S. The van der Waals surface area contributed by atoms with Crippen LogP contribution < -0.4 is 9.47 Å². The van der Waals surface area contributed by atoms with Gasteiger partial charge in [-0.15, -0.1) is 0 Å². The van der Waals surface area contributed by atoms with E-state index in [1.165, 1.54) is 0 Å². The molecule has 0 aromatic heterocycles. The topological polar surface area (TPSA) is 72.9 Å². The summed E-state index contributed by atoms with van der Waals surface area (Å²) in [4.78, 5) is 40.1. The summed E-state index contributed by atoms with van der Waals surface area (Å²) in [6.07, 6.45) is 1.60. The van der Waals surface area contributed by atoms with Crippen LogP contribution in [-0.2, 0) is 11.3 Å². The number of ether oxygens (including phenoxy) is 2. The van der Waals surface area contributed by atoms with Crippen LogP contribution in [0.4, 0.5) is 4.79 Å². The highest BCUT2D eigenvalue weighted by Gasteiger charge is 2.35. The largest absolute Gasteiger partial charge is 0.490 e. The first-order valence-electron chi connectivity index (χ1n) is 12.0. The van der Waals surface area contributed by atoms with Gasteiger partial charge in [-0.25, -0.2) is 4.79 Å². The van der Waals surface area contributed by atoms with E-state index >= 15 is 0 Å². The van der Waals surface area contributed by atoms with Crippen molar-refractivity contribution < 1.29 is 23.9 Å². The molecule has 4 aromatic rings. The van der Waals surface area contributed by atoms with E-state index in [1.54, 1.807) is 54.6 Å². The molecule has 1 heterocycles. The predicted molar refractivity (Wildman–Crippen MR) is 154 cm³/mol. The van der Waals surface area contributed by atoms with Crippen LogP contribution in [0, 0.1) is 0 Å². The van der Waals surface area contributed by atoms with Gasteiger partial charge in [-0.1, -0.05) is 71.7 Å². The standard InChI is InChI=1S/C30H21Cl2NO5S/c1-2-37-26-14-18(10-13-25(26)38-29(35)23-9-5-7-19-6-3-4-8-22(19)23)15-27-28(34)33(30(36)39-27)17-20-11-12-21(31)16-24(20)32/h3-16H,2,17H2,1H3/b27-15-. The summed E-state index contributed by atoms with van der Waals surface area (Å²) in [5, 5.41) is 2.16. The van der Waals surface area contributed by atoms with Crippen LogP contribution in [0.25, 0.3) is 16.8 Å². The molecule has 39 heavy (non-hydrogen) atoms. The molecule has 1 fully saturated rings. The Morgan fingerprint density at radius 3 is 2.54 bits per heavy atom. The fourth-order valence-electron chi connectivity index (χ4n) is 4.13. The van der Waals surface area contributed by atoms with Crippen molar-refractivity contribution in [1.29, 1.82) is 0 Å². The molecule has 1 aliphatic heterocycles. The second-order valence-corrected chi connectivity index (χ2v) is 10.4. The van der Waals surface area contributed by atoms with Crippen molar-refractivity contribution in [2.45, 2.75) is 13.5 Å². The summed E-state index contributed by atoms with van der Waals surface area (Å²) < 4.78 is 11.5. The minimum atomic E-state index is -0.512. The van der Waals surface area contributed by atoms with Crippen molar-refractivity contribution in [3.63, 3.8) is 0 Å². The third kappa shape index (κ3) is 5.81. The second-order valence-electron chi connectivity index (χ2n) is 8.56. The highest BCUT2D eigenvalue weighted by atomic mass is 35.5. The average Bonchev–Trinajstić information content (AvgIpc) is 3.18. The number of halogens is 2. The first-order chi connectivity index (χ1) is 18.8. The maximum atomic E-state index is 13.1. The highest BCUT2D eigenvalue weighted by molar-refractivity contribution is 8.18. The van der Waals surface area contributed by atoms with Crippen LogP contribution >= 0.6 is 35.0 Å². The van der Waals surface area contributed by atoms with Crippen LogP contribution in [0.5, 0.6) is 11.5 Å². The number of carbonyl (C=O) groups is 3. The van der Waals surface area contributed by atoms with Gasteiger partial charge in [-0.05, 0) is 77.0 Å². The van der Waals surface area contributed by atoms with Crippen LogP contribution in [0.3, 0.4) is 0 Å². The molecule has 1 saturated heterocycles. The number of benzene rings is 4. The lowest BCUT2D eigenvalue weighted by molar-refractivity contribution is -0.123. The Labute approximate surface area is 239 Å². The Hall–Kier alpha value is -3.78. The van der Waals surface area contributed by atoms with Gasteiger partial charge in [0.15, 0.2) is 11.5 Å². The van der Waals surface area contributed by atoms with Gasteiger partial charge in [0, 0.05) is 10.0 Å². The summed E-state index contributed by atoms with van der Waals surface area (Å²) in [5.41, 5.74) is 1.66. The van der Waals surface area contributed by atoms with Crippen LogP contribution in [0.15, 0.2) is 83.8 Å². The van der Waals surface area contributed by atoms with Crippen molar-refractivity contribution in [3.8, 4) is 11.5 Å². The Kier molecular flexibility index (Phi) is 7.93. The molecule has 6 nitrogen and oxygen atoms in total. The second kappa shape index (κ2) is 11.5. The number of thioether (sulfide) groups is 1. The fourth-order valence-corrected chi connectivity index (χ4v) is 5.44. The molecule has 0 spiro atoms. The predicted octanol–water partition coefficient (Wildman–Crippen LogP) is 8.00. The van der Waals surface area contributed by atoms with Gasteiger partial charge >= 0.3 is 5.97 Å². The van der Waals surface area contributed by atoms with Gasteiger partial charge in [-0.3, -0.25) is 14.5 Å². The molecule has 0 atom stereocenters. The summed E-state index contributed by atoms with van der Waals surface area (Å²) in [5.74, 6) is -0.354. The van der Waals surface area contributed by atoms with Gasteiger partial charge in [0.05, 0.1) is 23.6 Å². The van der Waals surface area contributed by atoms with Crippen molar-refractivity contribution in [1.82, 2.24) is 4.90 Å². The first-order valence-corrected chi connectivity index (χ1v) is 13.6. The quantitative estimate of drug-likeness (QED) is 0.126. The molecule has 0 bridgehead atoms. The van der Waals surface area contributed by atoms with Gasteiger partial charge in [0.2, 0.25) is 0 Å². The molecule has 5 rings (SSSR count). The summed E-state index contributed by atoms with van der Waals surface area (Å²) in [6, 6.07) is 22.9. The van der Waals surface area contributed by atoms with E-state index in [0.29, 0.717) is 39.1 Å². The smallest absolute Gasteiger partial charge is 0.344 e.